The van der Waals surface area contributed by atoms with Crippen LogP contribution < -0.4 is 10.5 Å². The fraction of sp³-hybridized carbons (Fsp3) is 0.182. The lowest BCUT2D eigenvalue weighted by Crippen LogP contribution is -2.38. The van der Waals surface area contributed by atoms with Crippen LogP contribution in [0, 0.1) is 11.3 Å². The molecule has 1 aliphatic heterocycles. The Hall–Kier alpha value is -3.96. The minimum atomic E-state index is -0.231. The van der Waals surface area contributed by atoms with Gasteiger partial charge in [0.15, 0.2) is 0 Å². The van der Waals surface area contributed by atoms with Crippen molar-refractivity contribution in [1.82, 2.24) is 19.4 Å². The van der Waals surface area contributed by atoms with Crippen LogP contribution in [0.1, 0.15) is 11.4 Å². The van der Waals surface area contributed by atoms with E-state index in [1.54, 1.807) is 24.4 Å². The summed E-state index contributed by atoms with van der Waals surface area (Å²) in [6.45, 7) is 2.38. The van der Waals surface area contributed by atoms with Crippen molar-refractivity contribution in [3.05, 3.63) is 70.4 Å². The molecule has 1 aromatic carbocycles. The summed E-state index contributed by atoms with van der Waals surface area (Å²) in [7, 11) is 0. The molecule has 3 aromatic heterocycles. The van der Waals surface area contributed by atoms with E-state index in [2.05, 4.69) is 16.0 Å². The number of nitrogens with zero attached hydrogens (tertiary/aromatic N) is 5. The number of pyridine rings is 1. The topological polar surface area (TPSA) is 99.3 Å². The number of para-hydroxylation sites is 2. The Morgan fingerprint density at radius 3 is 2.73 bits per heavy atom. The maximum absolute atomic E-state index is 13.3. The fourth-order valence-corrected chi connectivity index (χ4v) is 3.61. The minimum Gasteiger partial charge on any atom is -0.378 e. The van der Waals surface area contributed by atoms with Crippen molar-refractivity contribution < 1.29 is 4.74 Å². The zero-order valence-corrected chi connectivity index (χ0v) is 16.1. The van der Waals surface area contributed by atoms with Crippen LogP contribution in [-0.2, 0) is 4.74 Å². The average Bonchev–Trinajstić information content (AvgIpc) is 3.23. The normalized spacial score (nSPS) is 14.9. The molecular formula is C22H18N6O2. The molecule has 0 spiro atoms. The number of allylic oxidation sites excluding steroid dienone is 1. The van der Waals surface area contributed by atoms with Gasteiger partial charge in [0, 0.05) is 19.3 Å². The number of aromatic nitrogens is 4. The van der Waals surface area contributed by atoms with Gasteiger partial charge < -0.3 is 14.6 Å². The lowest BCUT2D eigenvalue weighted by molar-refractivity contribution is 0.122. The molecule has 0 saturated carbocycles. The van der Waals surface area contributed by atoms with Crippen LogP contribution in [-0.4, -0.2) is 45.7 Å². The molecule has 0 atom stereocenters. The van der Waals surface area contributed by atoms with Gasteiger partial charge in [-0.25, -0.2) is 9.97 Å². The quantitative estimate of drug-likeness (QED) is 0.532. The molecule has 0 bridgehead atoms. The van der Waals surface area contributed by atoms with Crippen molar-refractivity contribution in [2.75, 3.05) is 31.2 Å². The van der Waals surface area contributed by atoms with Crippen LogP contribution in [0.2, 0.25) is 0 Å². The molecule has 4 aromatic rings. The summed E-state index contributed by atoms with van der Waals surface area (Å²) in [5.41, 5.74) is 2.55. The van der Waals surface area contributed by atoms with Gasteiger partial charge in [-0.3, -0.25) is 9.20 Å². The summed E-state index contributed by atoms with van der Waals surface area (Å²) < 4.78 is 6.94. The number of nitriles is 1. The molecule has 5 rings (SSSR count). The number of imidazole rings is 1. The molecule has 1 fully saturated rings. The zero-order chi connectivity index (χ0) is 20.5. The van der Waals surface area contributed by atoms with Crippen LogP contribution in [0.3, 0.4) is 0 Å². The van der Waals surface area contributed by atoms with Crippen LogP contribution in [0.5, 0.6) is 0 Å². The van der Waals surface area contributed by atoms with E-state index in [0.29, 0.717) is 49.2 Å². The minimum absolute atomic E-state index is 0.231. The van der Waals surface area contributed by atoms with E-state index >= 15 is 0 Å². The molecule has 1 saturated heterocycles. The van der Waals surface area contributed by atoms with Crippen LogP contribution in [0.15, 0.2) is 53.5 Å². The van der Waals surface area contributed by atoms with Gasteiger partial charge in [-0.05, 0) is 30.3 Å². The molecule has 8 heteroatoms. The second-order valence-electron chi connectivity index (χ2n) is 6.95. The highest BCUT2D eigenvalue weighted by Crippen LogP contribution is 2.23. The Morgan fingerprint density at radius 2 is 1.93 bits per heavy atom. The number of nitrogens with one attached hydrogen (secondary N) is 1. The maximum atomic E-state index is 13.3. The first-order valence-electron chi connectivity index (χ1n) is 9.65. The van der Waals surface area contributed by atoms with Crippen LogP contribution in [0.4, 0.5) is 5.82 Å². The number of anilines is 1. The average molecular weight is 398 g/mol. The zero-order valence-electron chi connectivity index (χ0n) is 16.1. The first-order chi connectivity index (χ1) is 14.7. The second kappa shape index (κ2) is 7.46. The van der Waals surface area contributed by atoms with Crippen molar-refractivity contribution >= 4 is 34.1 Å². The van der Waals surface area contributed by atoms with Crippen LogP contribution >= 0.6 is 0 Å². The second-order valence-corrected chi connectivity index (χ2v) is 6.95. The third-order valence-electron chi connectivity index (χ3n) is 5.11. The summed E-state index contributed by atoms with van der Waals surface area (Å²) in [5.74, 6) is 0.975. The van der Waals surface area contributed by atoms with E-state index in [4.69, 9.17) is 9.72 Å². The molecular weight excluding hydrogens is 380 g/mol. The van der Waals surface area contributed by atoms with Crippen molar-refractivity contribution in [2.24, 2.45) is 0 Å². The molecule has 148 valence electrons. The van der Waals surface area contributed by atoms with Crippen molar-refractivity contribution in [3.8, 4) is 6.07 Å². The van der Waals surface area contributed by atoms with Gasteiger partial charge in [0.2, 0.25) is 0 Å². The summed E-state index contributed by atoms with van der Waals surface area (Å²) in [4.78, 5) is 27.7. The Kier molecular flexibility index (Phi) is 4.50. The predicted molar refractivity (Wildman–Crippen MR) is 114 cm³/mol. The summed E-state index contributed by atoms with van der Waals surface area (Å²) in [6, 6.07) is 15.2. The standard InChI is InChI=1S/C22H18N6O2/c23-14-15(20-24-17-5-1-2-6-18(17)25-20)13-16-21(27-9-11-30-12-10-27)26-19-7-3-4-8-28(19)22(16)29/h1-8,13H,9-12H2,(H,24,25)/b15-13+. The molecule has 8 nitrogen and oxygen atoms in total. The number of H-pyrrole nitrogens is 1. The molecule has 0 aliphatic carbocycles. The van der Waals surface area contributed by atoms with E-state index in [-0.39, 0.29) is 11.1 Å². The lowest BCUT2D eigenvalue weighted by Gasteiger charge is -2.29. The molecule has 1 aliphatic rings. The van der Waals surface area contributed by atoms with Crippen molar-refractivity contribution in [2.45, 2.75) is 0 Å². The van der Waals surface area contributed by atoms with E-state index in [1.807, 2.05) is 35.2 Å². The van der Waals surface area contributed by atoms with Crippen molar-refractivity contribution in [1.29, 1.82) is 5.26 Å². The summed E-state index contributed by atoms with van der Waals surface area (Å²) in [5, 5.41) is 9.83. The van der Waals surface area contributed by atoms with Gasteiger partial charge >= 0.3 is 0 Å². The predicted octanol–water partition coefficient (Wildman–Crippen LogP) is 2.47. The number of benzene rings is 1. The highest BCUT2D eigenvalue weighted by atomic mass is 16.5. The van der Waals surface area contributed by atoms with E-state index in [0.717, 1.165) is 11.0 Å². The van der Waals surface area contributed by atoms with Gasteiger partial charge in [-0.1, -0.05) is 18.2 Å². The first-order valence-corrected chi connectivity index (χ1v) is 9.65. The van der Waals surface area contributed by atoms with Gasteiger partial charge in [0.25, 0.3) is 5.56 Å². The molecule has 30 heavy (non-hydrogen) atoms. The number of morpholine rings is 1. The van der Waals surface area contributed by atoms with E-state index < -0.39 is 0 Å². The molecule has 0 unspecified atom stereocenters. The van der Waals surface area contributed by atoms with E-state index in [9.17, 15) is 10.1 Å². The molecule has 1 N–H and O–H groups in total. The number of ether oxygens (including phenoxy) is 1. The van der Waals surface area contributed by atoms with Gasteiger partial charge in [0.1, 0.15) is 23.4 Å². The Balaban J connectivity index is 1.72. The van der Waals surface area contributed by atoms with Gasteiger partial charge in [-0.15, -0.1) is 0 Å². The molecule has 0 amide bonds. The first kappa shape index (κ1) is 18.1. The number of hydrogen-bond acceptors (Lipinski definition) is 6. The monoisotopic (exact) mass is 398 g/mol. The lowest BCUT2D eigenvalue weighted by atomic mass is 10.1. The SMILES string of the molecule is N#C/C(=C\c1c(N2CCOCC2)nc2ccccn2c1=O)c1nc2ccccc2[nH]1. The maximum Gasteiger partial charge on any atom is 0.267 e. The molecule has 0 radical (unpaired) electrons. The highest BCUT2D eigenvalue weighted by Gasteiger charge is 2.20. The van der Waals surface area contributed by atoms with Crippen molar-refractivity contribution in [3.63, 3.8) is 0 Å². The Labute approximate surface area is 171 Å². The number of hydrogen-bond donors (Lipinski definition) is 1. The number of aromatic amines is 1. The Bertz CT molecular complexity index is 1340. The Morgan fingerprint density at radius 1 is 1.13 bits per heavy atom. The summed E-state index contributed by atoms with van der Waals surface area (Å²) >= 11 is 0. The van der Waals surface area contributed by atoms with Crippen LogP contribution in [0.25, 0.3) is 28.3 Å². The third-order valence-corrected chi connectivity index (χ3v) is 5.11. The third kappa shape index (κ3) is 3.11. The highest BCUT2D eigenvalue weighted by molar-refractivity contribution is 5.92. The molecule has 4 heterocycles. The van der Waals surface area contributed by atoms with Gasteiger partial charge in [-0.2, -0.15) is 5.26 Å². The van der Waals surface area contributed by atoms with Gasteiger partial charge in [0.05, 0.1) is 35.4 Å². The fourth-order valence-electron chi connectivity index (χ4n) is 3.61. The smallest absolute Gasteiger partial charge is 0.267 e. The number of fused-ring (bicyclic) bond motifs is 2. The number of rotatable bonds is 3. The summed E-state index contributed by atoms with van der Waals surface area (Å²) in [6.07, 6.45) is 3.26. The van der Waals surface area contributed by atoms with E-state index in [1.165, 1.54) is 4.40 Å². The largest absolute Gasteiger partial charge is 0.378 e.